The van der Waals surface area contributed by atoms with E-state index in [1.54, 1.807) is 6.92 Å². The van der Waals surface area contributed by atoms with Crippen molar-refractivity contribution in [2.24, 2.45) is 0 Å². The zero-order valence-electron chi connectivity index (χ0n) is 14.2. The Morgan fingerprint density at radius 3 is 2.83 bits per heavy atom. The number of amides is 1. The molecular weight excluding hydrogens is 308 g/mol. The Morgan fingerprint density at radius 1 is 1.38 bits per heavy atom. The van der Waals surface area contributed by atoms with Crippen LogP contribution in [0.1, 0.15) is 25.1 Å². The highest BCUT2D eigenvalue weighted by molar-refractivity contribution is 5.98. The first-order valence-electron chi connectivity index (χ1n) is 8.05. The number of benzene rings is 1. The number of nitrogens with zero attached hydrogens (tertiary/aromatic N) is 4. The summed E-state index contributed by atoms with van der Waals surface area (Å²) in [7, 11) is 2.05. The van der Waals surface area contributed by atoms with Crippen molar-refractivity contribution in [3.05, 3.63) is 36.0 Å². The highest BCUT2D eigenvalue weighted by Crippen LogP contribution is 2.33. The van der Waals surface area contributed by atoms with Gasteiger partial charge in [0.15, 0.2) is 5.82 Å². The number of carbonyl (C=O) groups is 1. The fourth-order valence-electron chi connectivity index (χ4n) is 2.93. The van der Waals surface area contributed by atoms with E-state index in [0.717, 1.165) is 24.3 Å². The zero-order valence-corrected chi connectivity index (χ0v) is 14.2. The third-order valence-electron chi connectivity index (χ3n) is 4.16. The summed E-state index contributed by atoms with van der Waals surface area (Å²) in [5, 5.41) is 3.70. The van der Waals surface area contributed by atoms with E-state index >= 15 is 0 Å². The summed E-state index contributed by atoms with van der Waals surface area (Å²) in [5.74, 6) is 0.865. The third kappa shape index (κ3) is 3.41. The lowest BCUT2D eigenvalue weighted by Gasteiger charge is -2.28. The van der Waals surface area contributed by atoms with Crippen LogP contribution in [-0.2, 0) is 16.1 Å². The van der Waals surface area contributed by atoms with Crippen molar-refractivity contribution in [1.29, 1.82) is 0 Å². The molecule has 24 heavy (non-hydrogen) atoms. The first-order chi connectivity index (χ1) is 11.6. The second kappa shape index (κ2) is 7.00. The molecule has 0 unspecified atom stereocenters. The fourth-order valence-corrected chi connectivity index (χ4v) is 2.93. The molecule has 0 spiro atoms. The molecule has 1 aromatic carbocycles. The molecule has 1 aliphatic rings. The summed E-state index contributed by atoms with van der Waals surface area (Å²) in [4.78, 5) is 20.8. The maximum atomic E-state index is 12.7. The number of carbonyl (C=O) groups excluding carboxylic acids is 1. The molecular formula is C17H22N4O3. The minimum atomic E-state index is -0.0681. The van der Waals surface area contributed by atoms with Gasteiger partial charge in [0.1, 0.15) is 13.2 Å². The van der Waals surface area contributed by atoms with E-state index < -0.39 is 0 Å². The first kappa shape index (κ1) is 16.4. The summed E-state index contributed by atoms with van der Waals surface area (Å²) in [5.41, 5.74) is 1.98. The first-order valence-corrected chi connectivity index (χ1v) is 8.05. The van der Waals surface area contributed by atoms with E-state index in [4.69, 9.17) is 9.26 Å². The van der Waals surface area contributed by atoms with Gasteiger partial charge in [-0.3, -0.25) is 4.79 Å². The molecule has 0 fully saturated rings. The minimum absolute atomic E-state index is 0.0240. The van der Waals surface area contributed by atoms with Gasteiger partial charge in [-0.1, -0.05) is 17.3 Å². The van der Waals surface area contributed by atoms with Crippen molar-refractivity contribution in [2.75, 3.05) is 30.0 Å². The van der Waals surface area contributed by atoms with E-state index in [1.807, 2.05) is 36.2 Å². The Kier molecular flexibility index (Phi) is 4.80. The van der Waals surface area contributed by atoms with Crippen molar-refractivity contribution in [2.45, 2.75) is 32.9 Å². The van der Waals surface area contributed by atoms with Crippen molar-refractivity contribution >= 4 is 17.3 Å². The van der Waals surface area contributed by atoms with Gasteiger partial charge in [0.2, 0.25) is 0 Å². The van der Waals surface area contributed by atoms with Crippen molar-refractivity contribution in [1.82, 2.24) is 10.1 Å². The lowest BCUT2D eigenvalue weighted by molar-refractivity contribution is -0.124. The summed E-state index contributed by atoms with van der Waals surface area (Å²) >= 11 is 0. The molecule has 2 heterocycles. The molecule has 0 saturated heterocycles. The van der Waals surface area contributed by atoms with Crippen molar-refractivity contribution in [3.8, 4) is 0 Å². The van der Waals surface area contributed by atoms with Gasteiger partial charge in [0, 0.05) is 19.6 Å². The Bertz CT molecular complexity index is 715. The Hall–Kier alpha value is -2.41. The van der Waals surface area contributed by atoms with Crippen LogP contribution < -0.4 is 9.80 Å². The maximum absolute atomic E-state index is 12.7. The number of hydrogen-bond acceptors (Lipinski definition) is 6. The van der Waals surface area contributed by atoms with Crippen LogP contribution in [0.5, 0.6) is 0 Å². The van der Waals surface area contributed by atoms with Crippen LogP contribution in [0.25, 0.3) is 0 Å². The van der Waals surface area contributed by atoms with Crippen LogP contribution in [0, 0.1) is 6.92 Å². The highest BCUT2D eigenvalue weighted by atomic mass is 16.5. The standard InChI is InChI=1S/C17H22N4O3/c1-12-8-9-20(3)14-6-4-5-7-15(14)21(12)17(22)11-23-10-16-18-13(2)19-24-16/h4-7,12H,8-11H2,1-3H3/t12-/m1/s1. The molecule has 1 aromatic heterocycles. The monoisotopic (exact) mass is 330 g/mol. The molecule has 0 aliphatic carbocycles. The lowest BCUT2D eigenvalue weighted by Crippen LogP contribution is -2.40. The molecule has 0 bridgehead atoms. The predicted molar refractivity (Wildman–Crippen MR) is 90.0 cm³/mol. The van der Waals surface area contributed by atoms with Gasteiger partial charge in [-0.05, 0) is 32.4 Å². The zero-order chi connectivity index (χ0) is 17.1. The average Bonchev–Trinajstić information content (AvgIpc) is 2.93. The van der Waals surface area contributed by atoms with E-state index in [1.165, 1.54) is 0 Å². The summed E-state index contributed by atoms with van der Waals surface area (Å²) in [6.07, 6.45) is 0.903. The number of ether oxygens (including phenoxy) is 1. The van der Waals surface area contributed by atoms with E-state index in [-0.39, 0.29) is 25.2 Å². The molecule has 3 rings (SSSR count). The topological polar surface area (TPSA) is 71.7 Å². The molecule has 0 radical (unpaired) electrons. The summed E-state index contributed by atoms with van der Waals surface area (Å²) in [6, 6.07) is 8.07. The smallest absolute Gasteiger partial charge is 0.253 e. The Labute approximate surface area is 141 Å². The van der Waals surface area contributed by atoms with Crippen LogP contribution in [-0.4, -0.2) is 42.3 Å². The van der Waals surface area contributed by atoms with Gasteiger partial charge >= 0.3 is 0 Å². The van der Waals surface area contributed by atoms with E-state index in [2.05, 4.69) is 22.0 Å². The van der Waals surface area contributed by atoms with Crippen LogP contribution >= 0.6 is 0 Å². The summed E-state index contributed by atoms with van der Waals surface area (Å²) in [6.45, 7) is 4.82. The second-order valence-electron chi connectivity index (χ2n) is 6.04. The number of hydrogen-bond donors (Lipinski definition) is 0. The molecule has 128 valence electrons. The number of aryl methyl sites for hydroxylation is 1. The van der Waals surface area contributed by atoms with Crippen LogP contribution in [0.2, 0.25) is 0 Å². The molecule has 7 heteroatoms. The van der Waals surface area contributed by atoms with E-state index in [0.29, 0.717) is 11.7 Å². The largest absolute Gasteiger partial charge is 0.373 e. The van der Waals surface area contributed by atoms with Crippen molar-refractivity contribution in [3.63, 3.8) is 0 Å². The van der Waals surface area contributed by atoms with Gasteiger partial charge in [-0.2, -0.15) is 4.98 Å². The molecule has 1 atom stereocenters. The van der Waals surface area contributed by atoms with Gasteiger partial charge < -0.3 is 19.1 Å². The Balaban J connectivity index is 1.71. The van der Waals surface area contributed by atoms with Gasteiger partial charge in [-0.25, -0.2) is 0 Å². The van der Waals surface area contributed by atoms with E-state index in [9.17, 15) is 4.79 Å². The number of aromatic nitrogens is 2. The SMILES string of the molecule is Cc1noc(COCC(=O)N2c3ccccc3N(C)CC[C@H]2C)n1. The Morgan fingerprint density at radius 2 is 2.12 bits per heavy atom. The fraction of sp³-hybridized carbons (Fsp3) is 0.471. The maximum Gasteiger partial charge on any atom is 0.253 e. The number of para-hydroxylation sites is 2. The number of fused-ring (bicyclic) bond motifs is 1. The van der Waals surface area contributed by atoms with Gasteiger partial charge in [0.25, 0.3) is 11.8 Å². The average molecular weight is 330 g/mol. The molecule has 1 amide bonds. The molecule has 1 aliphatic heterocycles. The normalized spacial score (nSPS) is 17.5. The molecule has 0 N–H and O–H groups in total. The van der Waals surface area contributed by atoms with Crippen LogP contribution in [0.15, 0.2) is 28.8 Å². The third-order valence-corrected chi connectivity index (χ3v) is 4.16. The predicted octanol–water partition coefficient (Wildman–Crippen LogP) is 2.16. The molecule has 0 saturated carbocycles. The van der Waals surface area contributed by atoms with Crippen molar-refractivity contribution < 1.29 is 14.1 Å². The number of anilines is 2. The lowest BCUT2D eigenvalue weighted by atomic mass is 10.2. The molecule has 2 aromatic rings. The minimum Gasteiger partial charge on any atom is -0.373 e. The number of rotatable bonds is 4. The van der Waals surface area contributed by atoms with Crippen LogP contribution in [0.3, 0.4) is 0 Å². The summed E-state index contributed by atoms with van der Waals surface area (Å²) < 4.78 is 10.5. The van der Waals surface area contributed by atoms with Gasteiger partial charge in [-0.15, -0.1) is 0 Å². The molecule has 7 nitrogen and oxygen atoms in total. The highest BCUT2D eigenvalue weighted by Gasteiger charge is 2.28. The quantitative estimate of drug-likeness (QED) is 0.855. The van der Waals surface area contributed by atoms with Crippen LogP contribution in [0.4, 0.5) is 11.4 Å². The second-order valence-corrected chi connectivity index (χ2v) is 6.04. The van der Waals surface area contributed by atoms with Gasteiger partial charge in [0.05, 0.1) is 11.4 Å².